The maximum absolute atomic E-state index is 11.4. The van der Waals surface area contributed by atoms with E-state index in [-0.39, 0.29) is 15.9 Å². The Kier molecular flexibility index (Phi) is 5.98. The lowest BCUT2D eigenvalue weighted by atomic mass is 10.2. The number of aryl methyl sites for hydroxylation is 1. The van der Waals surface area contributed by atoms with Crippen LogP contribution in [0.3, 0.4) is 0 Å². The number of aromatic hydroxyl groups is 1. The van der Waals surface area contributed by atoms with Crippen molar-refractivity contribution in [3.05, 3.63) is 46.0 Å². The largest absolute Gasteiger partial charge is 0.493 e. The van der Waals surface area contributed by atoms with Crippen molar-refractivity contribution in [3.63, 3.8) is 0 Å². The Morgan fingerprint density at radius 2 is 2.07 bits per heavy atom. The number of fused-ring (bicyclic) bond motifs is 1. The molecule has 0 unspecified atom stereocenters. The van der Waals surface area contributed by atoms with Crippen molar-refractivity contribution in [3.8, 4) is 5.88 Å². The van der Waals surface area contributed by atoms with E-state index in [1.54, 1.807) is 10.6 Å². The molecule has 2 aromatic carbocycles. The van der Waals surface area contributed by atoms with Crippen LogP contribution in [0.1, 0.15) is 6.92 Å². The molecule has 4 N–H and O–H groups in total. The SMILES string of the molecule is CCn1c(O)c(N=NC(=S)Nc2cccc(S(N)(=O)=O)c2)c2cc(I)ccc21. The lowest BCUT2D eigenvalue weighted by molar-refractivity contribution is 0.427. The number of hydrogen-bond donors (Lipinski definition) is 3. The van der Waals surface area contributed by atoms with Gasteiger partial charge in [0.15, 0.2) is 5.69 Å². The van der Waals surface area contributed by atoms with Crippen LogP contribution in [0.15, 0.2) is 57.6 Å². The van der Waals surface area contributed by atoms with Gasteiger partial charge in [-0.2, -0.15) is 0 Å². The van der Waals surface area contributed by atoms with Crippen LogP contribution < -0.4 is 10.5 Å². The third-order valence-corrected chi connectivity index (χ3v) is 5.71. The van der Waals surface area contributed by atoms with Crippen LogP contribution in [0, 0.1) is 3.57 Å². The zero-order valence-electron chi connectivity index (χ0n) is 14.6. The second-order valence-corrected chi connectivity index (χ2v) is 8.97. The van der Waals surface area contributed by atoms with E-state index in [1.165, 1.54) is 18.2 Å². The van der Waals surface area contributed by atoms with E-state index in [9.17, 15) is 13.5 Å². The zero-order chi connectivity index (χ0) is 20.5. The summed E-state index contributed by atoms with van der Waals surface area (Å²) < 4.78 is 25.6. The summed E-state index contributed by atoms with van der Waals surface area (Å²) >= 11 is 7.34. The molecule has 1 heterocycles. The Balaban J connectivity index is 1.89. The maximum Gasteiger partial charge on any atom is 0.238 e. The third-order valence-electron chi connectivity index (χ3n) is 3.94. The molecule has 0 aliphatic rings. The average molecular weight is 529 g/mol. The van der Waals surface area contributed by atoms with Gasteiger partial charge in [0, 0.05) is 21.2 Å². The molecular formula is C17H16IN5O3S2. The summed E-state index contributed by atoms with van der Waals surface area (Å²) in [6, 6.07) is 11.6. The molecule has 0 aliphatic heterocycles. The molecule has 0 bridgehead atoms. The van der Waals surface area contributed by atoms with E-state index < -0.39 is 10.0 Å². The standard InChI is InChI=1S/C17H16IN5O3S2/c1-2-23-14-7-6-10(18)8-13(14)15(16(23)24)21-22-17(27)20-11-4-3-5-12(9-11)28(19,25)26/h3-9,24H,2H2,1H3,(H,20,27)(H2,19,25,26). The molecule has 1 aromatic heterocycles. The molecule has 0 aliphatic carbocycles. The van der Waals surface area contributed by atoms with Gasteiger partial charge in [-0.3, -0.25) is 0 Å². The Labute approximate surface area is 180 Å². The number of nitrogens with zero attached hydrogens (tertiary/aromatic N) is 3. The van der Waals surface area contributed by atoms with E-state index >= 15 is 0 Å². The van der Waals surface area contributed by atoms with E-state index in [2.05, 4.69) is 38.1 Å². The number of azo groups is 1. The summed E-state index contributed by atoms with van der Waals surface area (Å²) in [5, 5.41) is 27.2. The molecule has 0 radical (unpaired) electrons. The second kappa shape index (κ2) is 8.11. The van der Waals surface area contributed by atoms with Crippen molar-refractivity contribution in [1.82, 2.24) is 4.57 Å². The first-order valence-electron chi connectivity index (χ1n) is 8.07. The van der Waals surface area contributed by atoms with Gasteiger partial charge in [-0.1, -0.05) is 6.07 Å². The van der Waals surface area contributed by atoms with Crippen LogP contribution >= 0.6 is 34.8 Å². The molecule has 0 amide bonds. The van der Waals surface area contributed by atoms with Gasteiger partial charge in [0.25, 0.3) is 0 Å². The number of nitrogens with two attached hydrogens (primary N) is 1. The van der Waals surface area contributed by atoms with Crippen molar-refractivity contribution in [2.75, 3.05) is 5.32 Å². The summed E-state index contributed by atoms with van der Waals surface area (Å²) in [5.74, 6) is 0.00210. The number of aromatic nitrogens is 1. The van der Waals surface area contributed by atoms with Crippen LogP contribution in [0.25, 0.3) is 10.9 Å². The summed E-state index contributed by atoms with van der Waals surface area (Å²) in [6.45, 7) is 2.49. The lowest BCUT2D eigenvalue weighted by Gasteiger charge is -2.05. The van der Waals surface area contributed by atoms with Crippen LogP contribution in [0.4, 0.5) is 11.4 Å². The number of nitrogens with one attached hydrogen (secondary N) is 1. The van der Waals surface area contributed by atoms with Crippen LogP contribution in [0.2, 0.25) is 0 Å². The maximum atomic E-state index is 11.4. The van der Waals surface area contributed by atoms with Gasteiger partial charge in [0.2, 0.25) is 21.0 Å². The van der Waals surface area contributed by atoms with Gasteiger partial charge in [-0.25, -0.2) is 13.6 Å². The zero-order valence-corrected chi connectivity index (χ0v) is 18.4. The summed E-state index contributed by atoms with van der Waals surface area (Å²) in [5.41, 5.74) is 1.57. The van der Waals surface area contributed by atoms with Gasteiger partial charge < -0.3 is 15.0 Å². The molecule has 28 heavy (non-hydrogen) atoms. The van der Waals surface area contributed by atoms with E-state index in [4.69, 9.17) is 17.4 Å². The highest BCUT2D eigenvalue weighted by atomic mass is 127. The first kappa shape index (κ1) is 20.6. The van der Waals surface area contributed by atoms with Crippen molar-refractivity contribution in [2.24, 2.45) is 15.4 Å². The van der Waals surface area contributed by atoms with Gasteiger partial charge >= 0.3 is 0 Å². The van der Waals surface area contributed by atoms with Crippen molar-refractivity contribution in [2.45, 2.75) is 18.4 Å². The Morgan fingerprint density at radius 1 is 1.32 bits per heavy atom. The van der Waals surface area contributed by atoms with E-state index in [1.807, 2.05) is 25.1 Å². The normalized spacial score (nSPS) is 12.0. The Bertz CT molecular complexity index is 1200. The predicted molar refractivity (Wildman–Crippen MR) is 121 cm³/mol. The molecule has 0 atom stereocenters. The minimum Gasteiger partial charge on any atom is -0.493 e. The number of sulfonamides is 1. The number of thiocarbonyl (C=S) groups is 1. The summed E-state index contributed by atoms with van der Waals surface area (Å²) in [6.07, 6.45) is 0. The molecular weight excluding hydrogens is 513 g/mol. The van der Waals surface area contributed by atoms with Crippen LogP contribution in [-0.4, -0.2) is 23.2 Å². The fourth-order valence-electron chi connectivity index (χ4n) is 2.71. The molecule has 0 spiro atoms. The van der Waals surface area contributed by atoms with Gasteiger partial charge in [0.05, 0.1) is 10.4 Å². The number of anilines is 1. The van der Waals surface area contributed by atoms with E-state index in [0.717, 1.165) is 14.5 Å². The van der Waals surface area contributed by atoms with Crippen molar-refractivity contribution >= 4 is 72.2 Å². The minimum absolute atomic E-state index is 0.00210. The number of halogens is 1. The second-order valence-electron chi connectivity index (χ2n) is 5.78. The highest BCUT2D eigenvalue weighted by molar-refractivity contribution is 14.1. The van der Waals surface area contributed by atoms with Crippen LogP contribution in [0.5, 0.6) is 5.88 Å². The number of benzene rings is 2. The van der Waals surface area contributed by atoms with Crippen molar-refractivity contribution < 1.29 is 13.5 Å². The fourth-order valence-corrected chi connectivity index (χ4v) is 3.92. The highest BCUT2D eigenvalue weighted by Gasteiger charge is 2.16. The summed E-state index contributed by atoms with van der Waals surface area (Å²) in [7, 11) is -3.82. The monoisotopic (exact) mass is 529 g/mol. The third kappa shape index (κ3) is 4.32. The predicted octanol–water partition coefficient (Wildman–Crippen LogP) is 4.10. The van der Waals surface area contributed by atoms with E-state index in [0.29, 0.717) is 17.9 Å². The molecule has 146 valence electrons. The molecule has 11 heteroatoms. The van der Waals surface area contributed by atoms with Gasteiger partial charge in [0.1, 0.15) is 0 Å². The quantitative estimate of drug-likeness (QED) is 0.267. The molecule has 3 aromatic rings. The van der Waals surface area contributed by atoms with Crippen LogP contribution in [-0.2, 0) is 16.6 Å². The average Bonchev–Trinajstić information content (AvgIpc) is 2.89. The molecule has 0 fully saturated rings. The first-order valence-corrected chi connectivity index (χ1v) is 11.1. The molecule has 0 saturated carbocycles. The number of primary sulfonamides is 1. The topological polar surface area (TPSA) is 122 Å². The Morgan fingerprint density at radius 3 is 2.75 bits per heavy atom. The fraction of sp³-hybridized carbons (Fsp3) is 0.118. The molecule has 3 rings (SSSR count). The summed E-state index contributed by atoms with van der Waals surface area (Å²) in [4.78, 5) is -0.0459. The number of rotatable bonds is 4. The smallest absolute Gasteiger partial charge is 0.238 e. The molecule has 8 nitrogen and oxygen atoms in total. The molecule has 0 saturated heterocycles. The van der Waals surface area contributed by atoms with Gasteiger partial charge in [-0.05, 0) is 78.1 Å². The number of hydrogen-bond acceptors (Lipinski definition) is 5. The first-order chi connectivity index (χ1) is 13.2. The lowest BCUT2D eigenvalue weighted by Crippen LogP contribution is -2.13. The highest BCUT2D eigenvalue weighted by Crippen LogP contribution is 2.39. The van der Waals surface area contributed by atoms with Crippen molar-refractivity contribution in [1.29, 1.82) is 0 Å². The Hall–Kier alpha value is -2.09. The minimum atomic E-state index is -3.82. The van der Waals surface area contributed by atoms with Gasteiger partial charge in [-0.15, -0.1) is 10.2 Å².